The summed E-state index contributed by atoms with van der Waals surface area (Å²) in [4.78, 5) is 12.0. The van der Waals surface area contributed by atoms with Crippen molar-refractivity contribution in [3.63, 3.8) is 0 Å². The Bertz CT molecular complexity index is 461. The first-order valence-electron chi connectivity index (χ1n) is 8.23. The van der Waals surface area contributed by atoms with Gasteiger partial charge in [0.05, 0.1) is 6.61 Å². The Morgan fingerprint density at radius 3 is 2.43 bits per heavy atom. The van der Waals surface area contributed by atoms with E-state index in [1.165, 1.54) is 0 Å². The van der Waals surface area contributed by atoms with Gasteiger partial charge < -0.3 is 28.4 Å². The average Bonchev–Trinajstić information content (AvgIpc) is 3.01. The molecule has 5 unspecified atom stereocenters. The predicted octanol–water partition coefficient (Wildman–Crippen LogP) is 1.73. The van der Waals surface area contributed by atoms with E-state index in [0.29, 0.717) is 13.0 Å². The quantitative estimate of drug-likeness (QED) is 0.727. The van der Waals surface area contributed by atoms with Gasteiger partial charge in [-0.05, 0) is 34.1 Å². The van der Waals surface area contributed by atoms with E-state index in [9.17, 15) is 4.79 Å². The number of fused-ring (bicyclic) bond motifs is 1. The van der Waals surface area contributed by atoms with Crippen molar-refractivity contribution in [2.75, 3.05) is 6.61 Å². The minimum atomic E-state index is -0.762. The largest absolute Gasteiger partial charge is 0.456 e. The van der Waals surface area contributed by atoms with Gasteiger partial charge in [0.1, 0.15) is 12.2 Å². The fourth-order valence-corrected chi connectivity index (χ4v) is 3.23. The minimum absolute atomic E-state index is 0.266. The molecule has 0 aromatic rings. The van der Waals surface area contributed by atoms with E-state index >= 15 is 0 Å². The highest BCUT2D eigenvalue weighted by Crippen LogP contribution is 2.42. The molecule has 3 heterocycles. The smallest absolute Gasteiger partial charge is 0.306 e. The maximum Gasteiger partial charge on any atom is 0.306 e. The van der Waals surface area contributed by atoms with E-state index in [2.05, 4.69) is 0 Å². The van der Waals surface area contributed by atoms with Gasteiger partial charge in [0, 0.05) is 6.42 Å². The first-order valence-corrected chi connectivity index (χ1v) is 8.23. The van der Waals surface area contributed by atoms with Gasteiger partial charge in [-0.15, -0.1) is 0 Å². The molecule has 0 bridgehead atoms. The molecule has 3 aliphatic heterocycles. The number of esters is 1. The van der Waals surface area contributed by atoms with Crippen molar-refractivity contribution < 1.29 is 33.2 Å². The molecule has 5 atom stereocenters. The highest BCUT2D eigenvalue weighted by atomic mass is 16.8. The second-order valence-corrected chi connectivity index (χ2v) is 7.14. The molecule has 7 nitrogen and oxygen atoms in total. The van der Waals surface area contributed by atoms with Crippen LogP contribution in [0.3, 0.4) is 0 Å². The second-order valence-electron chi connectivity index (χ2n) is 7.14. The zero-order chi connectivity index (χ0) is 16.8. The van der Waals surface area contributed by atoms with Crippen molar-refractivity contribution in [3.05, 3.63) is 0 Å². The fourth-order valence-electron chi connectivity index (χ4n) is 3.23. The van der Waals surface area contributed by atoms with Crippen LogP contribution < -0.4 is 0 Å². The monoisotopic (exact) mass is 330 g/mol. The van der Waals surface area contributed by atoms with Crippen molar-refractivity contribution in [1.29, 1.82) is 0 Å². The predicted molar refractivity (Wildman–Crippen MR) is 78.4 cm³/mol. The van der Waals surface area contributed by atoms with E-state index in [4.69, 9.17) is 28.4 Å². The lowest BCUT2D eigenvalue weighted by Gasteiger charge is -2.28. The summed E-state index contributed by atoms with van der Waals surface area (Å²) in [6.45, 7) is 9.62. The van der Waals surface area contributed by atoms with Crippen molar-refractivity contribution in [2.24, 2.45) is 0 Å². The summed E-state index contributed by atoms with van der Waals surface area (Å²) >= 11 is 0. The number of carbonyl (C=O) groups excluding carboxylic acids is 1. The van der Waals surface area contributed by atoms with Gasteiger partial charge in [0.15, 0.2) is 30.1 Å². The third kappa shape index (κ3) is 3.53. The van der Waals surface area contributed by atoms with Crippen LogP contribution in [0, 0.1) is 0 Å². The van der Waals surface area contributed by atoms with Crippen LogP contribution in [-0.2, 0) is 33.2 Å². The number of hydrogen-bond donors (Lipinski definition) is 0. The van der Waals surface area contributed by atoms with Gasteiger partial charge in [-0.2, -0.15) is 0 Å². The van der Waals surface area contributed by atoms with Crippen LogP contribution >= 0.6 is 0 Å². The third-order valence-corrected chi connectivity index (χ3v) is 4.15. The van der Waals surface area contributed by atoms with Crippen LogP contribution in [0.25, 0.3) is 0 Å². The Labute approximate surface area is 136 Å². The normalized spacial score (nSPS) is 41.0. The SMILES string of the molecule is CCCC(=O)OC1C(C2COC(C)(C)O2)OC2OC(C)(C)OC21. The van der Waals surface area contributed by atoms with Crippen LogP contribution in [-0.4, -0.2) is 54.9 Å². The molecule has 23 heavy (non-hydrogen) atoms. The third-order valence-electron chi connectivity index (χ3n) is 4.15. The lowest BCUT2D eigenvalue weighted by atomic mass is 10.1. The molecule has 3 aliphatic rings. The molecule has 0 aromatic heterocycles. The number of ether oxygens (including phenoxy) is 6. The Hall–Kier alpha value is -0.730. The molecule has 0 N–H and O–H groups in total. The molecule has 0 amide bonds. The average molecular weight is 330 g/mol. The maximum absolute atomic E-state index is 12.0. The number of carbonyl (C=O) groups is 1. The van der Waals surface area contributed by atoms with Gasteiger partial charge >= 0.3 is 5.97 Å². The summed E-state index contributed by atoms with van der Waals surface area (Å²) in [5, 5.41) is 0. The number of rotatable bonds is 4. The zero-order valence-electron chi connectivity index (χ0n) is 14.4. The van der Waals surface area contributed by atoms with Crippen molar-refractivity contribution in [2.45, 2.75) is 89.7 Å². The fraction of sp³-hybridized carbons (Fsp3) is 0.938. The lowest BCUT2D eigenvalue weighted by Crippen LogP contribution is -2.45. The molecule has 0 aromatic carbocycles. The van der Waals surface area contributed by atoms with Gasteiger partial charge in [-0.1, -0.05) is 6.92 Å². The molecule has 0 aliphatic carbocycles. The van der Waals surface area contributed by atoms with Crippen LogP contribution in [0.1, 0.15) is 47.5 Å². The highest BCUT2D eigenvalue weighted by Gasteiger charge is 2.59. The van der Waals surface area contributed by atoms with Crippen LogP contribution in [0.15, 0.2) is 0 Å². The molecule has 7 heteroatoms. The first kappa shape index (κ1) is 17.1. The van der Waals surface area contributed by atoms with Crippen molar-refractivity contribution in [1.82, 2.24) is 0 Å². The first-order chi connectivity index (χ1) is 10.7. The Balaban J connectivity index is 1.75. The molecule has 132 valence electrons. The van der Waals surface area contributed by atoms with Gasteiger partial charge in [-0.25, -0.2) is 0 Å². The second kappa shape index (κ2) is 5.97. The summed E-state index contributed by atoms with van der Waals surface area (Å²) in [5.74, 6) is -1.70. The van der Waals surface area contributed by atoms with Crippen LogP contribution in [0.2, 0.25) is 0 Å². The summed E-state index contributed by atoms with van der Waals surface area (Å²) in [6, 6.07) is 0. The zero-order valence-corrected chi connectivity index (χ0v) is 14.4. The van der Waals surface area contributed by atoms with Crippen molar-refractivity contribution in [3.8, 4) is 0 Å². The van der Waals surface area contributed by atoms with Gasteiger partial charge in [-0.3, -0.25) is 4.79 Å². The Morgan fingerprint density at radius 2 is 1.83 bits per heavy atom. The molecular formula is C16H26O7. The summed E-state index contributed by atoms with van der Waals surface area (Å²) in [5.41, 5.74) is 0. The molecule has 3 rings (SSSR count). The lowest BCUT2D eigenvalue weighted by molar-refractivity contribution is -0.235. The Kier molecular flexibility index (Phi) is 4.44. The summed E-state index contributed by atoms with van der Waals surface area (Å²) in [6.07, 6.45) is -1.30. The van der Waals surface area contributed by atoms with E-state index in [1.54, 1.807) is 0 Å². The standard InChI is InChI=1S/C16H26O7/c1-6-7-10(17)19-12-11(9-8-18-15(2,3)21-9)20-14-13(12)22-16(4,5)23-14/h9,11-14H,6-8H2,1-5H3. The highest BCUT2D eigenvalue weighted by molar-refractivity contribution is 5.69. The molecule has 0 spiro atoms. The topological polar surface area (TPSA) is 72.5 Å². The van der Waals surface area contributed by atoms with Gasteiger partial charge in [0.25, 0.3) is 0 Å². The molecule has 0 radical (unpaired) electrons. The van der Waals surface area contributed by atoms with E-state index < -0.39 is 36.2 Å². The minimum Gasteiger partial charge on any atom is -0.456 e. The molecule has 0 saturated carbocycles. The van der Waals surface area contributed by atoms with E-state index in [0.717, 1.165) is 6.42 Å². The van der Waals surface area contributed by atoms with E-state index in [-0.39, 0.29) is 12.1 Å². The van der Waals surface area contributed by atoms with Crippen molar-refractivity contribution >= 4 is 5.97 Å². The van der Waals surface area contributed by atoms with Crippen LogP contribution in [0.4, 0.5) is 0 Å². The van der Waals surface area contributed by atoms with Crippen LogP contribution in [0.5, 0.6) is 0 Å². The molecular weight excluding hydrogens is 304 g/mol. The maximum atomic E-state index is 12.0. The van der Waals surface area contributed by atoms with Gasteiger partial charge in [0.2, 0.25) is 0 Å². The van der Waals surface area contributed by atoms with E-state index in [1.807, 2.05) is 34.6 Å². The summed E-state index contributed by atoms with van der Waals surface area (Å²) < 4.78 is 34.7. The molecule has 3 saturated heterocycles. The molecule has 3 fully saturated rings. The summed E-state index contributed by atoms with van der Waals surface area (Å²) in [7, 11) is 0. The number of hydrogen-bond acceptors (Lipinski definition) is 7. The Morgan fingerprint density at radius 1 is 1.09 bits per heavy atom.